The Morgan fingerprint density at radius 3 is 3.00 bits per heavy atom. The van der Waals surface area contributed by atoms with E-state index >= 15 is 0 Å². The highest BCUT2D eigenvalue weighted by atomic mass is 32.2. The van der Waals surface area contributed by atoms with Crippen LogP contribution in [0.25, 0.3) is 0 Å². The van der Waals surface area contributed by atoms with E-state index in [1.165, 1.54) is 25.0 Å². The molecule has 96 valence electrons. The lowest BCUT2D eigenvalue weighted by atomic mass is 10.3. The van der Waals surface area contributed by atoms with E-state index in [1.807, 2.05) is 18.7 Å². The fourth-order valence-corrected chi connectivity index (χ4v) is 3.29. The van der Waals surface area contributed by atoms with E-state index in [4.69, 9.17) is 0 Å². The average Bonchev–Trinajstić information content (AvgIpc) is 2.26. The standard InChI is InChI=1S/C12H26N2OS/c1-3-4-5-8-16-12-9-13-6-7-14(12)10-11(2)15/h11-13,15H,3-10H2,1-2H3. The summed E-state index contributed by atoms with van der Waals surface area (Å²) in [6, 6.07) is 0. The maximum atomic E-state index is 9.46. The molecule has 1 rings (SSSR count). The number of aliphatic hydroxyl groups is 1. The summed E-state index contributed by atoms with van der Waals surface area (Å²) in [7, 11) is 0. The van der Waals surface area contributed by atoms with Gasteiger partial charge in [0.1, 0.15) is 0 Å². The first-order chi connectivity index (χ1) is 7.74. The van der Waals surface area contributed by atoms with Crippen LogP contribution in [-0.2, 0) is 0 Å². The molecule has 0 aromatic carbocycles. The number of piperazine rings is 1. The molecule has 0 aromatic heterocycles. The molecule has 0 saturated carbocycles. The molecular formula is C12H26N2OS. The molecule has 0 aromatic rings. The molecule has 2 N–H and O–H groups in total. The van der Waals surface area contributed by atoms with E-state index in [-0.39, 0.29) is 6.10 Å². The lowest BCUT2D eigenvalue weighted by molar-refractivity contribution is 0.109. The Kier molecular flexibility index (Phi) is 7.45. The summed E-state index contributed by atoms with van der Waals surface area (Å²) in [5, 5.41) is 13.5. The van der Waals surface area contributed by atoms with Gasteiger partial charge in [-0.2, -0.15) is 0 Å². The fourth-order valence-electron chi connectivity index (χ4n) is 2.01. The molecule has 1 aliphatic heterocycles. The minimum atomic E-state index is -0.211. The molecule has 1 aliphatic rings. The number of rotatable bonds is 7. The van der Waals surface area contributed by atoms with Crippen LogP contribution in [0.15, 0.2) is 0 Å². The Morgan fingerprint density at radius 2 is 2.31 bits per heavy atom. The van der Waals surface area contributed by atoms with E-state index in [0.29, 0.717) is 5.37 Å². The first-order valence-corrected chi connectivity index (χ1v) is 7.53. The van der Waals surface area contributed by atoms with Gasteiger partial charge in [-0.05, 0) is 19.1 Å². The molecule has 1 fully saturated rings. The summed E-state index contributed by atoms with van der Waals surface area (Å²) in [5.74, 6) is 1.25. The van der Waals surface area contributed by atoms with Gasteiger partial charge >= 0.3 is 0 Å². The van der Waals surface area contributed by atoms with Crippen LogP contribution in [0.1, 0.15) is 33.1 Å². The highest BCUT2D eigenvalue weighted by molar-refractivity contribution is 7.99. The summed E-state index contributed by atoms with van der Waals surface area (Å²) < 4.78 is 0. The summed E-state index contributed by atoms with van der Waals surface area (Å²) in [4.78, 5) is 2.41. The van der Waals surface area contributed by atoms with Crippen LogP contribution in [0.2, 0.25) is 0 Å². The third-order valence-electron chi connectivity index (χ3n) is 2.86. The van der Waals surface area contributed by atoms with Crippen molar-refractivity contribution in [1.82, 2.24) is 10.2 Å². The van der Waals surface area contributed by atoms with E-state index in [0.717, 1.165) is 26.2 Å². The van der Waals surface area contributed by atoms with Crippen LogP contribution in [0.3, 0.4) is 0 Å². The van der Waals surface area contributed by atoms with Gasteiger partial charge in [-0.15, -0.1) is 11.8 Å². The van der Waals surface area contributed by atoms with Crippen molar-refractivity contribution in [2.45, 2.75) is 44.6 Å². The molecule has 1 heterocycles. The molecule has 0 spiro atoms. The summed E-state index contributed by atoms with van der Waals surface area (Å²) >= 11 is 2.04. The topological polar surface area (TPSA) is 35.5 Å². The third-order valence-corrected chi connectivity index (χ3v) is 4.23. The van der Waals surface area contributed by atoms with Crippen LogP contribution in [0, 0.1) is 0 Å². The normalized spacial score (nSPS) is 24.6. The number of nitrogens with one attached hydrogen (secondary N) is 1. The fraction of sp³-hybridized carbons (Fsp3) is 1.00. The molecule has 0 amide bonds. The van der Waals surface area contributed by atoms with Gasteiger partial charge in [0, 0.05) is 26.2 Å². The average molecular weight is 246 g/mol. The molecule has 4 heteroatoms. The van der Waals surface area contributed by atoms with Crippen molar-refractivity contribution >= 4 is 11.8 Å². The van der Waals surface area contributed by atoms with Gasteiger partial charge in [0.2, 0.25) is 0 Å². The number of β-amino-alcohol motifs (C(OH)–C–C–N with tert-alkyl or cyclic N) is 1. The van der Waals surface area contributed by atoms with Gasteiger partial charge in [0.15, 0.2) is 0 Å². The van der Waals surface area contributed by atoms with Crippen molar-refractivity contribution in [1.29, 1.82) is 0 Å². The Hall–Kier alpha value is 0.230. The van der Waals surface area contributed by atoms with Crippen molar-refractivity contribution in [3.63, 3.8) is 0 Å². The smallest absolute Gasteiger partial charge is 0.0684 e. The lowest BCUT2D eigenvalue weighted by Crippen LogP contribution is -2.51. The number of aliphatic hydroxyl groups excluding tert-OH is 1. The molecule has 2 atom stereocenters. The second kappa shape index (κ2) is 8.34. The highest BCUT2D eigenvalue weighted by Crippen LogP contribution is 2.19. The number of unbranched alkanes of at least 4 members (excludes halogenated alkanes) is 2. The van der Waals surface area contributed by atoms with Gasteiger partial charge in [-0.25, -0.2) is 0 Å². The summed E-state index contributed by atoms with van der Waals surface area (Å²) in [6.07, 6.45) is 3.74. The maximum absolute atomic E-state index is 9.46. The summed E-state index contributed by atoms with van der Waals surface area (Å²) in [5.41, 5.74) is 0. The summed E-state index contributed by atoms with van der Waals surface area (Å²) in [6.45, 7) is 8.11. The van der Waals surface area contributed by atoms with Crippen LogP contribution < -0.4 is 5.32 Å². The SMILES string of the molecule is CCCCCSC1CNCCN1CC(C)O. The Labute approximate surface area is 104 Å². The van der Waals surface area contributed by atoms with Crippen LogP contribution >= 0.6 is 11.8 Å². The third kappa shape index (κ3) is 5.53. The van der Waals surface area contributed by atoms with Gasteiger partial charge in [0.25, 0.3) is 0 Å². The minimum absolute atomic E-state index is 0.211. The number of hydrogen-bond donors (Lipinski definition) is 2. The largest absolute Gasteiger partial charge is 0.392 e. The van der Waals surface area contributed by atoms with Gasteiger partial charge in [-0.3, -0.25) is 4.90 Å². The quantitative estimate of drug-likeness (QED) is 0.668. The highest BCUT2D eigenvalue weighted by Gasteiger charge is 2.22. The first kappa shape index (κ1) is 14.3. The first-order valence-electron chi connectivity index (χ1n) is 6.48. The Balaban J connectivity index is 2.23. The molecule has 0 aliphatic carbocycles. The molecule has 1 saturated heterocycles. The zero-order chi connectivity index (χ0) is 11.8. The van der Waals surface area contributed by atoms with Gasteiger partial charge in [-0.1, -0.05) is 19.8 Å². The lowest BCUT2D eigenvalue weighted by Gasteiger charge is -2.36. The predicted octanol–water partition coefficient (Wildman–Crippen LogP) is 1.52. The van der Waals surface area contributed by atoms with E-state index in [9.17, 15) is 5.11 Å². The van der Waals surface area contributed by atoms with Crippen molar-refractivity contribution in [2.24, 2.45) is 0 Å². The van der Waals surface area contributed by atoms with Gasteiger partial charge < -0.3 is 10.4 Å². The van der Waals surface area contributed by atoms with E-state index in [1.54, 1.807) is 0 Å². The van der Waals surface area contributed by atoms with Crippen molar-refractivity contribution in [3.05, 3.63) is 0 Å². The number of nitrogens with zero attached hydrogens (tertiary/aromatic N) is 1. The van der Waals surface area contributed by atoms with E-state index < -0.39 is 0 Å². The second-order valence-corrected chi connectivity index (χ2v) is 5.87. The Morgan fingerprint density at radius 1 is 1.50 bits per heavy atom. The Bertz CT molecular complexity index is 178. The zero-order valence-electron chi connectivity index (χ0n) is 10.6. The van der Waals surface area contributed by atoms with Crippen molar-refractivity contribution in [3.8, 4) is 0 Å². The molecule has 2 unspecified atom stereocenters. The molecule has 16 heavy (non-hydrogen) atoms. The van der Waals surface area contributed by atoms with Crippen molar-refractivity contribution in [2.75, 3.05) is 31.9 Å². The zero-order valence-corrected chi connectivity index (χ0v) is 11.4. The van der Waals surface area contributed by atoms with Crippen LogP contribution in [0.4, 0.5) is 0 Å². The maximum Gasteiger partial charge on any atom is 0.0684 e. The van der Waals surface area contributed by atoms with Crippen LogP contribution in [0.5, 0.6) is 0 Å². The molecule has 0 radical (unpaired) electrons. The minimum Gasteiger partial charge on any atom is -0.392 e. The molecule has 0 bridgehead atoms. The number of thioether (sulfide) groups is 1. The monoisotopic (exact) mass is 246 g/mol. The molecular weight excluding hydrogens is 220 g/mol. The second-order valence-electron chi connectivity index (χ2n) is 4.58. The van der Waals surface area contributed by atoms with E-state index in [2.05, 4.69) is 17.1 Å². The number of hydrogen-bond acceptors (Lipinski definition) is 4. The molecule has 3 nitrogen and oxygen atoms in total. The van der Waals surface area contributed by atoms with Gasteiger partial charge in [0.05, 0.1) is 11.5 Å². The van der Waals surface area contributed by atoms with Crippen LogP contribution in [-0.4, -0.2) is 53.4 Å². The van der Waals surface area contributed by atoms with Crippen molar-refractivity contribution < 1.29 is 5.11 Å². The predicted molar refractivity (Wildman–Crippen MR) is 71.9 cm³/mol.